The van der Waals surface area contributed by atoms with E-state index in [4.69, 9.17) is 9.26 Å². The van der Waals surface area contributed by atoms with Crippen molar-refractivity contribution in [3.63, 3.8) is 0 Å². The van der Waals surface area contributed by atoms with Crippen LogP contribution in [0.1, 0.15) is 13.3 Å². The summed E-state index contributed by atoms with van der Waals surface area (Å²) in [4.78, 5) is 8.53. The molecule has 0 bridgehead atoms. The first-order valence-corrected chi connectivity index (χ1v) is 8.91. The largest absolute Gasteiger partial charge is 0.494 e. The van der Waals surface area contributed by atoms with Gasteiger partial charge >= 0.3 is 0 Å². The first kappa shape index (κ1) is 17.0. The summed E-state index contributed by atoms with van der Waals surface area (Å²) >= 11 is 0. The SMILES string of the molecule is CCCOc1ccc(-c2ccc(-c3noc(-c4cccnc4)n3)cc2)cc1. The number of aromatic nitrogens is 3. The summed E-state index contributed by atoms with van der Waals surface area (Å²) < 4.78 is 11.0. The van der Waals surface area contributed by atoms with Crippen LogP contribution in [0.2, 0.25) is 0 Å². The van der Waals surface area contributed by atoms with Gasteiger partial charge in [-0.2, -0.15) is 4.98 Å². The van der Waals surface area contributed by atoms with Crippen molar-refractivity contribution in [2.45, 2.75) is 13.3 Å². The second-order valence-corrected chi connectivity index (χ2v) is 6.12. The molecule has 0 N–H and O–H groups in total. The molecule has 5 nitrogen and oxygen atoms in total. The van der Waals surface area contributed by atoms with Crippen LogP contribution < -0.4 is 4.74 Å². The maximum absolute atomic E-state index is 5.63. The molecule has 5 heteroatoms. The number of hydrogen-bond acceptors (Lipinski definition) is 5. The van der Waals surface area contributed by atoms with Crippen LogP contribution in [-0.2, 0) is 0 Å². The second-order valence-electron chi connectivity index (χ2n) is 6.12. The van der Waals surface area contributed by atoms with E-state index >= 15 is 0 Å². The summed E-state index contributed by atoms with van der Waals surface area (Å²) in [5.41, 5.74) is 3.96. The van der Waals surface area contributed by atoms with Crippen LogP contribution in [0.4, 0.5) is 0 Å². The van der Waals surface area contributed by atoms with Gasteiger partial charge in [-0.05, 0) is 41.8 Å². The van der Waals surface area contributed by atoms with Gasteiger partial charge in [-0.15, -0.1) is 0 Å². The molecule has 4 aromatic rings. The van der Waals surface area contributed by atoms with Gasteiger partial charge in [0.25, 0.3) is 5.89 Å². The van der Waals surface area contributed by atoms with Crippen molar-refractivity contribution < 1.29 is 9.26 Å². The molecule has 0 atom stereocenters. The number of ether oxygens (including phenoxy) is 1. The van der Waals surface area contributed by atoms with E-state index in [-0.39, 0.29) is 0 Å². The van der Waals surface area contributed by atoms with Crippen molar-refractivity contribution in [2.75, 3.05) is 6.61 Å². The van der Waals surface area contributed by atoms with Gasteiger partial charge in [0.05, 0.1) is 12.2 Å². The third-order valence-corrected chi connectivity index (χ3v) is 4.14. The third-order valence-electron chi connectivity index (χ3n) is 4.14. The molecular weight excluding hydrogens is 338 g/mol. The van der Waals surface area contributed by atoms with Gasteiger partial charge in [0.15, 0.2) is 0 Å². The predicted molar refractivity (Wildman–Crippen MR) is 104 cm³/mol. The Morgan fingerprint density at radius 2 is 1.56 bits per heavy atom. The minimum Gasteiger partial charge on any atom is -0.494 e. The van der Waals surface area contributed by atoms with Gasteiger partial charge in [0.1, 0.15) is 5.75 Å². The van der Waals surface area contributed by atoms with Gasteiger partial charge in [-0.3, -0.25) is 4.98 Å². The number of rotatable bonds is 6. The average molecular weight is 357 g/mol. The molecule has 0 spiro atoms. The van der Waals surface area contributed by atoms with Crippen LogP contribution in [0.5, 0.6) is 5.75 Å². The first-order chi connectivity index (χ1) is 13.3. The zero-order chi connectivity index (χ0) is 18.5. The van der Waals surface area contributed by atoms with Crippen molar-refractivity contribution in [1.82, 2.24) is 15.1 Å². The van der Waals surface area contributed by atoms with E-state index in [1.165, 1.54) is 0 Å². The molecule has 0 radical (unpaired) electrons. The van der Waals surface area contributed by atoms with E-state index < -0.39 is 0 Å². The van der Waals surface area contributed by atoms with Gasteiger partial charge in [-0.1, -0.05) is 48.5 Å². The number of benzene rings is 2. The Morgan fingerprint density at radius 1 is 0.852 bits per heavy atom. The maximum Gasteiger partial charge on any atom is 0.259 e. The molecule has 0 aliphatic rings. The van der Waals surface area contributed by atoms with E-state index in [1.807, 2.05) is 36.4 Å². The third kappa shape index (κ3) is 3.87. The fraction of sp³-hybridized carbons (Fsp3) is 0.136. The lowest BCUT2D eigenvalue weighted by Crippen LogP contribution is -1.94. The highest BCUT2D eigenvalue weighted by molar-refractivity contribution is 5.68. The van der Waals surface area contributed by atoms with Gasteiger partial charge in [0, 0.05) is 18.0 Å². The maximum atomic E-state index is 5.63. The van der Waals surface area contributed by atoms with E-state index in [9.17, 15) is 0 Å². The minimum atomic E-state index is 0.463. The van der Waals surface area contributed by atoms with E-state index in [0.717, 1.165) is 41.0 Å². The van der Waals surface area contributed by atoms with Crippen molar-refractivity contribution in [2.24, 2.45) is 0 Å². The van der Waals surface area contributed by atoms with Crippen molar-refractivity contribution in [1.29, 1.82) is 0 Å². The molecule has 2 aromatic carbocycles. The molecule has 2 heterocycles. The zero-order valence-electron chi connectivity index (χ0n) is 15.0. The summed E-state index contributed by atoms with van der Waals surface area (Å²) in [7, 11) is 0. The topological polar surface area (TPSA) is 61.0 Å². The minimum absolute atomic E-state index is 0.463. The molecule has 27 heavy (non-hydrogen) atoms. The first-order valence-electron chi connectivity index (χ1n) is 8.91. The van der Waals surface area contributed by atoms with Crippen molar-refractivity contribution in [3.8, 4) is 39.7 Å². The highest BCUT2D eigenvalue weighted by Gasteiger charge is 2.10. The molecule has 0 saturated carbocycles. The lowest BCUT2D eigenvalue weighted by molar-refractivity contribution is 0.317. The Bertz CT molecular complexity index is 994. The standard InChI is InChI=1S/C22H19N3O2/c1-2-14-26-20-11-9-17(10-12-20)16-5-7-18(8-6-16)21-24-22(27-25-21)19-4-3-13-23-15-19/h3-13,15H,2,14H2,1H3. The van der Waals surface area contributed by atoms with E-state index in [1.54, 1.807) is 12.4 Å². The summed E-state index contributed by atoms with van der Waals surface area (Å²) in [6, 6.07) is 20.0. The summed E-state index contributed by atoms with van der Waals surface area (Å²) in [6.07, 6.45) is 4.41. The molecule has 134 valence electrons. The molecular formula is C22H19N3O2. The fourth-order valence-corrected chi connectivity index (χ4v) is 2.72. The van der Waals surface area contributed by atoms with E-state index in [2.05, 4.69) is 46.3 Å². The Kier molecular flexibility index (Phi) is 4.92. The number of nitrogens with zero attached hydrogens (tertiary/aromatic N) is 3. The van der Waals surface area contributed by atoms with Gasteiger partial charge < -0.3 is 9.26 Å². The quantitative estimate of drug-likeness (QED) is 0.471. The molecule has 4 rings (SSSR count). The Labute approximate surface area is 157 Å². The Hall–Kier alpha value is -3.47. The molecule has 0 fully saturated rings. The van der Waals surface area contributed by atoms with Crippen LogP contribution in [-0.4, -0.2) is 21.7 Å². The Morgan fingerprint density at radius 3 is 2.22 bits per heavy atom. The molecule has 0 saturated heterocycles. The van der Waals surface area contributed by atoms with E-state index in [0.29, 0.717) is 11.7 Å². The van der Waals surface area contributed by atoms with Crippen LogP contribution >= 0.6 is 0 Å². The highest BCUT2D eigenvalue weighted by atomic mass is 16.5. The van der Waals surface area contributed by atoms with Crippen LogP contribution in [0.3, 0.4) is 0 Å². The molecule has 2 aromatic heterocycles. The normalized spacial score (nSPS) is 10.7. The molecule has 0 aliphatic heterocycles. The lowest BCUT2D eigenvalue weighted by Gasteiger charge is -2.06. The summed E-state index contributed by atoms with van der Waals surface area (Å²) in [5, 5.41) is 4.07. The van der Waals surface area contributed by atoms with Crippen molar-refractivity contribution in [3.05, 3.63) is 73.1 Å². The zero-order valence-corrected chi connectivity index (χ0v) is 15.0. The van der Waals surface area contributed by atoms with Crippen molar-refractivity contribution >= 4 is 0 Å². The molecule has 0 amide bonds. The van der Waals surface area contributed by atoms with Crippen LogP contribution in [0.25, 0.3) is 34.0 Å². The summed E-state index contributed by atoms with van der Waals surface area (Å²) in [5.74, 6) is 1.92. The van der Waals surface area contributed by atoms with Crippen LogP contribution in [0, 0.1) is 0 Å². The van der Waals surface area contributed by atoms with Gasteiger partial charge in [0.2, 0.25) is 5.82 Å². The fourth-order valence-electron chi connectivity index (χ4n) is 2.72. The number of hydrogen-bond donors (Lipinski definition) is 0. The highest BCUT2D eigenvalue weighted by Crippen LogP contribution is 2.26. The average Bonchev–Trinajstić information content (AvgIpc) is 3.24. The monoisotopic (exact) mass is 357 g/mol. The predicted octanol–water partition coefficient (Wildman–Crippen LogP) is 5.25. The smallest absolute Gasteiger partial charge is 0.259 e. The molecule has 0 aliphatic carbocycles. The van der Waals surface area contributed by atoms with Gasteiger partial charge in [-0.25, -0.2) is 0 Å². The summed E-state index contributed by atoms with van der Waals surface area (Å²) in [6.45, 7) is 2.83. The number of pyridine rings is 1. The van der Waals surface area contributed by atoms with Crippen LogP contribution in [0.15, 0.2) is 77.6 Å². The second kappa shape index (κ2) is 7.83. The Balaban J connectivity index is 1.52. The molecule has 0 unspecified atom stereocenters. The lowest BCUT2D eigenvalue weighted by atomic mass is 10.0.